The van der Waals surface area contributed by atoms with Gasteiger partial charge in [-0.2, -0.15) is 0 Å². The van der Waals surface area contributed by atoms with E-state index in [-0.39, 0.29) is 17.9 Å². The minimum atomic E-state index is -0.945. The molecule has 21 heavy (non-hydrogen) atoms. The quantitative estimate of drug-likeness (QED) is 0.578. The van der Waals surface area contributed by atoms with Crippen molar-refractivity contribution in [3.05, 3.63) is 23.4 Å². The summed E-state index contributed by atoms with van der Waals surface area (Å²) in [5.74, 6) is 5.70. The number of amides is 1. The Labute approximate surface area is 126 Å². The molecule has 6 heteroatoms. The summed E-state index contributed by atoms with van der Waals surface area (Å²) in [6.45, 7) is 9.62. The fourth-order valence-corrected chi connectivity index (χ4v) is 1.98. The van der Waals surface area contributed by atoms with E-state index in [0.29, 0.717) is 11.4 Å². The summed E-state index contributed by atoms with van der Waals surface area (Å²) in [5.41, 5.74) is 2.62. The maximum Gasteiger partial charge on any atom is 0.253 e. The maximum absolute atomic E-state index is 12.5. The van der Waals surface area contributed by atoms with Gasteiger partial charge in [-0.1, -0.05) is 20.8 Å². The molecule has 6 nitrogen and oxygen atoms in total. The van der Waals surface area contributed by atoms with E-state index in [4.69, 9.17) is 5.84 Å². The summed E-state index contributed by atoms with van der Waals surface area (Å²) in [6, 6.07) is 3.38. The van der Waals surface area contributed by atoms with Gasteiger partial charge in [-0.25, -0.2) is 10.8 Å². The number of hydrogen-bond acceptors (Lipinski definition) is 5. The van der Waals surface area contributed by atoms with Crippen molar-refractivity contribution < 1.29 is 9.90 Å². The minimum Gasteiger partial charge on any atom is -0.389 e. The summed E-state index contributed by atoms with van der Waals surface area (Å²) in [5, 5.41) is 9.83. The van der Waals surface area contributed by atoms with Gasteiger partial charge in [-0.15, -0.1) is 0 Å². The topological polar surface area (TPSA) is 91.5 Å². The Kier molecular flexibility index (Phi) is 4.96. The molecule has 0 radical (unpaired) electrons. The number of nitrogens with zero attached hydrogens (tertiary/aromatic N) is 2. The van der Waals surface area contributed by atoms with Crippen LogP contribution in [0.2, 0.25) is 0 Å². The number of carbonyl (C=O) groups is 1. The molecule has 1 amide bonds. The van der Waals surface area contributed by atoms with Gasteiger partial charge in [0.2, 0.25) is 0 Å². The number of aromatic nitrogens is 1. The number of likely N-dealkylation sites (N-methyl/N-ethyl adjacent to an activating group) is 1. The van der Waals surface area contributed by atoms with Gasteiger partial charge in [0.1, 0.15) is 5.82 Å². The second kappa shape index (κ2) is 5.99. The Morgan fingerprint density at radius 1 is 1.33 bits per heavy atom. The summed E-state index contributed by atoms with van der Waals surface area (Å²) in [4.78, 5) is 18.4. The highest BCUT2D eigenvalue weighted by molar-refractivity contribution is 5.95. The zero-order chi connectivity index (χ0) is 16.4. The standard InChI is InChI=1S/C15H26N4O2/c1-14(2,3)11-7-10(8-12(17-11)18-16)13(20)19(6)9-15(4,5)21/h7-8,21H,9,16H2,1-6H3,(H,17,18). The zero-order valence-electron chi connectivity index (χ0n) is 13.7. The highest BCUT2D eigenvalue weighted by Gasteiger charge is 2.23. The van der Waals surface area contributed by atoms with Crippen molar-refractivity contribution >= 4 is 11.7 Å². The van der Waals surface area contributed by atoms with Crippen molar-refractivity contribution in [1.29, 1.82) is 0 Å². The van der Waals surface area contributed by atoms with Crippen molar-refractivity contribution in [2.45, 2.75) is 45.6 Å². The smallest absolute Gasteiger partial charge is 0.253 e. The van der Waals surface area contributed by atoms with E-state index in [9.17, 15) is 9.90 Å². The van der Waals surface area contributed by atoms with Crippen LogP contribution in [0.4, 0.5) is 5.82 Å². The van der Waals surface area contributed by atoms with Crippen molar-refractivity contribution in [2.75, 3.05) is 19.0 Å². The zero-order valence-corrected chi connectivity index (χ0v) is 13.7. The van der Waals surface area contributed by atoms with Crippen LogP contribution in [0.3, 0.4) is 0 Å². The van der Waals surface area contributed by atoms with Crippen LogP contribution in [0, 0.1) is 0 Å². The van der Waals surface area contributed by atoms with E-state index in [2.05, 4.69) is 10.4 Å². The normalized spacial score (nSPS) is 12.2. The summed E-state index contributed by atoms with van der Waals surface area (Å²) < 4.78 is 0. The van der Waals surface area contributed by atoms with E-state index < -0.39 is 5.60 Å². The Morgan fingerprint density at radius 2 is 1.90 bits per heavy atom. The van der Waals surface area contributed by atoms with Crippen LogP contribution in [0.15, 0.2) is 12.1 Å². The van der Waals surface area contributed by atoms with Gasteiger partial charge < -0.3 is 15.4 Å². The maximum atomic E-state index is 12.5. The largest absolute Gasteiger partial charge is 0.389 e. The number of nitrogens with two attached hydrogens (primary N) is 1. The number of aliphatic hydroxyl groups is 1. The van der Waals surface area contributed by atoms with E-state index in [1.807, 2.05) is 20.8 Å². The molecule has 0 atom stereocenters. The molecule has 0 aliphatic rings. The average Bonchev–Trinajstić information content (AvgIpc) is 2.34. The number of nitrogen functional groups attached to an aromatic ring is 1. The molecule has 0 aromatic carbocycles. The fourth-order valence-electron chi connectivity index (χ4n) is 1.98. The van der Waals surface area contributed by atoms with Gasteiger partial charge in [-0.05, 0) is 26.0 Å². The van der Waals surface area contributed by atoms with Crippen LogP contribution >= 0.6 is 0 Å². The van der Waals surface area contributed by atoms with Gasteiger partial charge in [0, 0.05) is 30.3 Å². The second-order valence-corrected chi connectivity index (χ2v) is 6.99. The molecule has 0 saturated heterocycles. The summed E-state index contributed by atoms with van der Waals surface area (Å²) in [6.07, 6.45) is 0. The van der Waals surface area contributed by atoms with Gasteiger partial charge in [0.15, 0.2) is 0 Å². The molecule has 0 saturated carbocycles. The molecule has 1 heterocycles. The molecular formula is C15H26N4O2. The molecular weight excluding hydrogens is 268 g/mol. The predicted octanol–water partition coefficient (Wildman–Crippen LogP) is 1.51. The van der Waals surface area contributed by atoms with Gasteiger partial charge in [0.05, 0.1) is 5.60 Å². The molecule has 0 unspecified atom stereocenters. The Bertz CT molecular complexity index is 515. The number of hydrogen-bond donors (Lipinski definition) is 3. The van der Waals surface area contributed by atoms with Crippen LogP contribution in [-0.2, 0) is 5.41 Å². The number of hydrazine groups is 1. The molecule has 0 fully saturated rings. The molecule has 118 valence electrons. The first-order valence-corrected chi connectivity index (χ1v) is 6.91. The van der Waals surface area contributed by atoms with Gasteiger partial charge >= 0.3 is 0 Å². The lowest BCUT2D eigenvalue weighted by Gasteiger charge is -2.26. The first-order valence-electron chi connectivity index (χ1n) is 6.91. The first-order chi connectivity index (χ1) is 9.44. The lowest BCUT2D eigenvalue weighted by atomic mass is 9.90. The molecule has 1 rings (SSSR count). The number of carbonyl (C=O) groups excluding carboxylic acids is 1. The van der Waals surface area contributed by atoms with Crippen molar-refractivity contribution in [2.24, 2.45) is 5.84 Å². The number of rotatable bonds is 4. The van der Waals surface area contributed by atoms with Crippen LogP contribution in [0.1, 0.15) is 50.7 Å². The SMILES string of the molecule is CN(CC(C)(C)O)C(=O)c1cc(NN)nc(C(C)(C)C)c1. The number of anilines is 1. The first kappa shape index (κ1) is 17.4. The molecule has 4 N–H and O–H groups in total. The number of nitrogens with one attached hydrogen (secondary N) is 1. The lowest BCUT2D eigenvalue weighted by molar-refractivity contribution is 0.0368. The highest BCUT2D eigenvalue weighted by atomic mass is 16.3. The summed E-state index contributed by atoms with van der Waals surface area (Å²) >= 11 is 0. The monoisotopic (exact) mass is 294 g/mol. The molecule has 1 aromatic heterocycles. The van der Waals surface area contributed by atoms with E-state index in [1.165, 1.54) is 4.90 Å². The minimum absolute atomic E-state index is 0.179. The fraction of sp³-hybridized carbons (Fsp3) is 0.600. The third kappa shape index (κ3) is 4.99. The Morgan fingerprint density at radius 3 is 2.33 bits per heavy atom. The Hall–Kier alpha value is -1.66. The van der Waals surface area contributed by atoms with Crippen LogP contribution in [-0.4, -0.2) is 40.1 Å². The van der Waals surface area contributed by atoms with E-state index in [0.717, 1.165) is 5.69 Å². The van der Waals surface area contributed by atoms with Crippen molar-refractivity contribution in [3.8, 4) is 0 Å². The molecule has 0 bridgehead atoms. The lowest BCUT2D eigenvalue weighted by Crippen LogP contribution is -2.39. The third-order valence-corrected chi connectivity index (χ3v) is 2.96. The second-order valence-electron chi connectivity index (χ2n) is 6.99. The van der Waals surface area contributed by atoms with E-state index in [1.54, 1.807) is 33.0 Å². The molecule has 0 spiro atoms. The predicted molar refractivity (Wildman–Crippen MR) is 84.0 cm³/mol. The van der Waals surface area contributed by atoms with Crippen molar-refractivity contribution in [1.82, 2.24) is 9.88 Å². The van der Waals surface area contributed by atoms with Crippen LogP contribution in [0.25, 0.3) is 0 Å². The van der Waals surface area contributed by atoms with Crippen LogP contribution in [0.5, 0.6) is 0 Å². The summed E-state index contributed by atoms with van der Waals surface area (Å²) in [7, 11) is 1.66. The molecule has 0 aliphatic carbocycles. The molecule has 0 aliphatic heterocycles. The van der Waals surface area contributed by atoms with Crippen LogP contribution < -0.4 is 11.3 Å². The van der Waals surface area contributed by atoms with Gasteiger partial charge in [0.25, 0.3) is 5.91 Å². The van der Waals surface area contributed by atoms with E-state index >= 15 is 0 Å². The third-order valence-electron chi connectivity index (χ3n) is 2.96. The highest BCUT2D eigenvalue weighted by Crippen LogP contribution is 2.24. The molecule has 1 aromatic rings. The Balaban J connectivity index is 3.15. The average molecular weight is 294 g/mol. The van der Waals surface area contributed by atoms with Crippen molar-refractivity contribution in [3.63, 3.8) is 0 Å². The van der Waals surface area contributed by atoms with Gasteiger partial charge in [-0.3, -0.25) is 4.79 Å². The number of pyridine rings is 1.